The molecule has 0 heterocycles. The molecule has 0 unspecified atom stereocenters. The monoisotopic (exact) mass is 302 g/mol. The molecular weight excluding hydrogens is 272 g/mol. The molecule has 0 aliphatic heterocycles. The minimum Gasteiger partial charge on any atom is -0.462 e. The van der Waals surface area contributed by atoms with Gasteiger partial charge in [0, 0.05) is 11.5 Å². The number of rotatable bonds is 3. The van der Waals surface area contributed by atoms with Crippen LogP contribution in [0.2, 0.25) is 0 Å². The van der Waals surface area contributed by atoms with E-state index in [1.54, 1.807) is 6.08 Å². The summed E-state index contributed by atoms with van der Waals surface area (Å²) in [4.78, 5) is 11.8. The van der Waals surface area contributed by atoms with Crippen molar-refractivity contribution in [3.63, 3.8) is 0 Å². The van der Waals surface area contributed by atoms with E-state index in [0.717, 1.165) is 31.3 Å². The summed E-state index contributed by atoms with van der Waals surface area (Å²) in [6.07, 6.45) is 9.62. The standard InChI is InChI=1S/C20H30O2/c1-14(2)11-19(21)22-13-20(5)12-17-16(4)8-6-7-15(3)9-10-18(17)20/h7,11,17-18H,4,6,8-10,12-13H2,1-3,5H3/b15-7+/t17-,18-,20-/m1/s1. The first-order chi connectivity index (χ1) is 10.3. The average molecular weight is 302 g/mol. The van der Waals surface area contributed by atoms with E-state index in [1.807, 2.05) is 13.8 Å². The van der Waals surface area contributed by atoms with Gasteiger partial charge in [-0.3, -0.25) is 0 Å². The molecule has 0 aromatic rings. The predicted octanol–water partition coefficient (Wildman–Crippen LogP) is 5.21. The molecule has 122 valence electrons. The second-order valence-electron chi connectivity index (χ2n) is 7.69. The number of esters is 1. The summed E-state index contributed by atoms with van der Waals surface area (Å²) >= 11 is 0. The van der Waals surface area contributed by atoms with E-state index in [2.05, 4.69) is 26.5 Å². The van der Waals surface area contributed by atoms with Crippen molar-refractivity contribution in [2.75, 3.05) is 6.61 Å². The van der Waals surface area contributed by atoms with Crippen LogP contribution in [0.3, 0.4) is 0 Å². The van der Waals surface area contributed by atoms with Gasteiger partial charge in [0.2, 0.25) is 0 Å². The van der Waals surface area contributed by atoms with E-state index in [1.165, 1.54) is 17.6 Å². The maximum Gasteiger partial charge on any atom is 0.330 e. The molecule has 0 aromatic heterocycles. The van der Waals surface area contributed by atoms with Gasteiger partial charge in [-0.05, 0) is 64.7 Å². The molecule has 2 aliphatic rings. The predicted molar refractivity (Wildman–Crippen MR) is 91.5 cm³/mol. The number of fused-ring (bicyclic) bond motifs is 1. The van der Waals surface area contributed by atoms with Gasteiger partial charge >= 0.3 is 5.97 Å². The van der Waals surface area contributed by atoms with Crippen LogP contribution in [0.15, 0.2) is 35.5 Å². The first kappa shape index (κ1) is 17.1. The number of carbonyl (C=O) groups is 1. The highest BCUT2D eigenvalue weighted by molar-refractivity contribution is 5.82. The Kier molecular flexibility index (Phi) is 5.31. The van der Waals surface area contributed by atoms with Gasteiger partial charge in [-0.1, -0.05) is 36.3 Å². The van der Waals surface area contributed by atoms with Gasteiger partial charge in [-0.2, -0.15) is 0 Å². The Balaban J connectivity index is 2.00. The largest absolute Gasteiger partial charge is 0.462 e. The zero-order chi connectivity index (χ0) is 16.3. The Hall–Kier alpha value is -1.31. The fourth-order valence-electron chi connectivity index (χ4n) is 3.95. The molecule has 2 rings (SSSR count). The Morgan fingerprint density at radius 2 is 2.18 bits per heavy atom. The van der Waals surface area contributed by atoms with Crippen LogP contribution in [0.5, 0.6) is 0 Å². The van der Waals surface area contributed by atoms with Crippen LogP contribution in [0.25, 0.3) is 0 Å². The molecule has 0 spiro atoms. The molecule has 0 radical (unpaired) electrons. The van der Waals surface area contributed by atoms with Gasteiger partial charge in [-0.25, -0.2) is 4.79 Å². The third kappa shape index (κ3) is 3.91. The van der Waals surface area contributed by atoms with Gasteiger partial charge in [0.05, 0.1) is 6.61 Å². The molecule has 1 saturated carbocycles. The minimum absolute atomic E-state index is 0.114. The first-order valence-electron chi connectivity index (χ1n) is 8.47. The molecular formula is C20H30O2. The molecule has 0 saturated heterocycles. The second-order valence-corrected chi connectivity index (χ2v) is 7.69. The fraction of sp³-hybridized carbons (Fsp3) is 0.650. The maximum atomic E-state index is 11.8. The van der Waals surface area contributed by atoms with Crippen LogP contribution >= 0.6 is 0 Å². The van der Waals surface area contributed by atoms with Crippen molar-refractivity contribution in [2.24, 2.45) is 17.3 Å². The minimum atomic E-state index is -0.206. The number of allylic oxidation sites excluding steroid dienone is 4. The smallest absolute Gasteiger partial charge is 0.330 e. The van der Waals surface area contributed by atoms with Crippen LogP contribution < -0.4 is 0 Å². The van der Waals surface area contributed by atoms with E-state index < -0.39 is 0 Å². The fourth-order valence-corrected chi connectivity index (χ4v) is 3.95. The first-order valence-corrected chi connectivity index (χ1v) is 8.47. The van der Waals surface area contributed by atoms with E-state index in [-0.39, 0.29) is 11.4 Å². The summed E-state index contributed by atoms with van der Waals surface area (Å²) in [5, 5.41) is 0. The lowest BCUT2D eigenvalue weighted by molar-refractivity contribution is -0.149. The quantitative estimate of drug-likeness (QED) is 0.406. The maximum absolute atomic E-state index is 11.8. The Morgan fingerprint density at radius 3 is 2.86 bits per heavy atom. The Morgan fingerprint density at radius 1 is 1.45 bits per heavy atom. The van der Waals surface area contributed by atoms with Crippen molar-refractivity contribution >= 4 is 5.97 Å². The second kappa shape index (κ2) is 6.85. The van der Waals surface area contributed by atoms with Gasteiger partial charge in [-0.15, -0.1) is 0 Å². The third-order valence-corrected chi connectivity index (χ3v) is 5.35. The van der Waals surface area contributed by atoms with Crippen molar-refractivity contribution in [3.8, 4) is 0 Å². The van der Waals surface area contributed by atoms with E-state index in [9.17, 15) is 4.79 Å². The van der Waals surface area contributed by atoms with Crippen molar-refractivity contribution in [1.82, 2.24) is 0 Å². The highest BCUT2D eigenvalue weighted by Gasteiger charge is 2.51. The molecule has 2 aliphatic carbocycles. The zero-order valence-corrected chi connectivity index (χ0v) is 14.6. The van der Waals surface area contributed by atoms with Gasteiger partial charge < -0.3 is 4.74 Å². The molecule has 0 aromatic carbocycles. The highest BCUT2D eigenvalue weighted by Crippen LogP contribution is 2.57. The molecule has 3 atom stereocenters. The number of hydrogen-bond donors (Lipinski definition) is 0. The third-order valence-electron chi connectivity index (χ3n) is 5.35. The average Bonchev–Trinajstić information content (AvgIpc) is 2.46. The number of carbonyl (C=O) groups excluding carboxylic acids is 1. The van der Waals surface area contributed by atoms with Gasteiger partial charge in [0.15, 0.2) is 0 Å². The van der Waals surface area contributed by atoms with E-state index in [0.29, 0.717) is 18.4 Å². The van der Waals surface area contributed by atoms with Crippen molar-refractivity contribution < 1.29 is 9.53 Å². The summed E-state index contributed by atoms with van der Waals surface area (Å²) in [7, 11) is 0. The van der Waals surface area contributed by atoms with Crippen molar-refractivity contribution in [2.45, 2.75) is 59.8 Å². The Bertz CT molecular complexity index is 508. The van der Waals surface area contributed by atoms with Crippen LogP contribution in [-0.4, -0.2) is 12.6 Å². The topological polar surface area (TPSA) is 26.3 Å². The molecule has 0 amide bonds. The molecule has 0 N–H and O–H groups in total. The zero-order valence-electron chi connectivity index (χ0n) is 14.6. The van der Waals surface area contributed by atoms with Crippen molar-refractivity contribution in [3.05, 3.63) is 35.5 Å². The van der Waals surface area contributed by atoms with Crippen LogP contribution in [0, 0.1) is 17.3 Å². The van der Waals surface area contributed by atoms with Gasteiger partial charge in [0.25, 0.3) is 0 Å². The lowest BCUT2D eigenvalue weighted by Crippen LogP contribution is -2.49. The van der Waals surface area contributed by atoms with Crippen LogP contribution in [0.1, 0.15) is 59.8 Å². The molecule has 0 bridgehead atoms. The van der Waals surface area contributed by atoms with E-state index >= 15 is 0 Å². The molecule has 1 fully saturated rings. The summed E-state index contributed by atoms with van der Waals surface area (Å²) in [6.45, 7) is 13.2. The Labute approximate surface area is 135 Å². The van der Waals surface area contributed by atoms with Crippen molar-refractivity contribution in [1.29, 1.82) is 0 Å². The summed E-state index contributed by atoms with van der Waals surface area (Å²) in [6, 6.07) is 0. The summed E-state index contributed by atoms with van der Waals surface area (Å²) in [5.74, 6) is 1.01. The lowest BCUT2D eigenvalue weighted by Gasteiger charge is -2.54. The SMILES string of the molecule is C=C1CC/C=C(\C)CC[C@@H]2[C@@H]1C[C@]2(C)COC(=O)C=C(C)C. The molecule has 2 nitrogen and oxygen atoms in total. The number of ether oxygens (including phenoxy) is 1. The molecule has 22 heavy (non-hydrogen) atoms. The van der Waals surface area contributed by atoms with Crippen LogP contribution in [0.4, 0.5) is 0 Å². The van der Waals surface area contributed by atoms with Gasteiger partial charge in [0.1, 0.15) is 0 Å². The summed E-state index contributed by atoms with van der Waals surface area (Å²) in [5.41, 5.74) is 3.98. The van der Waals surface area contributed by atoms with E-state index in [4.69, 9.17) is 4.74 Å². The lowest BCUT2D eigenvalue weighted by atomic mass is 9.51. The number of hydrogen-bond acceptors (Lipinski definition) is 2. The molecule has 2 heteroatoms. The highest BCUT2D eigenvalue weighted by atomic mass is 16.5. The van der Waals surface area contributed by atoms with Crippen LogP contribution in [-0.2, 0) is 9.53 Å². The summed E-state index contributed by atoms with van der Waals surface area (Å²) < 4.78 is 5.51. The normalized spacial score (nSPS) is 34.0.